The topological polar surface area (TPSA) is 16.1 Å². The van der Waals surface area contributed by atoms with E-state index in [4.69, 9.17) is 0 Å². The first-order valence-corrected chi connectivity index (χ1v) is 7.38. The van der Waals surface area contributed by atoms with Crippen molar-refractivity contribution >= 4 is 0 Å². The van der Waals surface area contributed by atoms with Crippen molar-refractivity contribution in [1.29, 1.82) is 0 Å². The fraction of sp³-hybridized carbons (Fsp3) is 0.588. The molecule has 0 bridgehead atoms. The van der Waals surface area contributed by atoms with E-state index in [1.165, 1.54) is 37.0 Å². The zero-order valence-electron chi connectivity index (χ0n) is 12.5. The molecule has 0 aromatic carbocycles. The van der Waals surface area contributed by atoms with Crippen molar-refractivity contribution in [1.82, 2.24) is 9.88 Å². The molecule has 1 unspecified atom stereocenters. The molecule has 1 heterocycles. The van der Waals surface area contributed by atoms with Gasteiger partial charge >= 0.3 is 0 Å². The number of pyridine rings is 1. The summed E-state index contributed by atoms with van der Waals surface area (Å²) in [5.74, 6) is 0.745. The van der Waals surface area contributed by atoms with Crippen LogP contribution in [0.25, 0.3) is 0 Å². The van der Waals surface area contributed by atoms with E-state index >= 15 is 0 Å². The highest BCUT2D eigenvalue weighted by molar-refractivity contribution is 5.08. The summed E-state index contributed by atoms with van der Waals surface area (Å²) in [5, 5.41) is 0. The first-order chi connectivity index (χ1) is 9.09. The Morgan fingerprint density at radius 2 is 2.00 bits per heavy atom. The van der Waals surface area contributed by atoms with Gasteiger partial charge in [0.2, 0.25) is 0 Å². The zero-order chi connectivity index (χ0) is 13.8. The third-order valence-corrected chi connectivity index (χ3v) is 4.70. The Morgan fingerprint density at radius 1 is 1.32 bits per heavy atom. The van der Waals surface area contributed by atoms with Gasteiger partial charge in [-0.3, -0.25) is 9.88 Å². The summed E-state index contributed by atoms with van der Waals surface area (Å²) in [7, 11) is 2.24. The van der Waals surface area contributed by atoms with Gasteiger partial charge in [-0.1, -0.05) is 18.2 Å². The van der Waals surface area contributed by atoms with Gasteiger partial charge in [0.05, 0.1) is 5.69 Å². The predicted molar refractivity (Wildman–Crippen MR) is 81.0 cm³/mol. The highest BCUT2D eigenvalue weighted by Gasteiger charge is 2.27. The molecule has 1 aromatic heterocycles. The van der Waals surface area contributed by atoms with Crippen LogP contribution in [0.5, 0.6) is 0 Å². The molecular weight excluding hydrogens is 232 g/mol. The highest BCUT2D eigenvalue weighted by atomic mass is 15.2. The average molecular weight is 258 g/mol. The third-order valence-electron chi connectivity index (χ3n) is 4.70. The standard InChI is InChI=1S/C17H26N2/c1-13(2)15-8-10-16(11-9-15)19(4)14(3)17-7-5-6-12-18-17/h5-7,12,14-16H,1,8-11H2,2-4H3. The van der Waals surface area contributed by atoms with E-state index in [0.717, 1.165) is 5.92 Å². The maximum atomic E-state index is 4.48. The number of nitrogens with zero attached hydrogens (tertiary/aromatic N) is 2. The first-order valence-electron chi connectivity index (χ1n) is 7.38. The van der Waals surface area contributed by atoms with Gasteiger partial charge in [-0.15, -0.1) is 0 Å². The van der Waals surface area contributed by atoms with E-state index < -0.39 is 0 Å². The fourth-order valence-corrected chi connectivity index (χ4v) is 3.12. The molecule has 1 aliphatic carbocycles. The van der Waals surface area contributed by atoms with Crippen LogP contribution in [0, 0.1) is 5.92 Å². The molecule has 0 saturated heterocycles. The van der Waals surface area contributed by atoms with Crippen LogP contribution in [0.4, 0.5) is 0 Å². The fourth-order valence-electron chi connectivity index (χ4n) is 3.12. The lowest BCUT2D eigenvalue weighted by molar-refractivity contribution is 0.132. The molecular formula is C17H26N2. The normalized spacial score (nSPS) is 25.3. The van der Waals surface area contributed by atoms with Crippen molar-refractivity contribution in [2.75, 3.05) is 7.05 Å². The van der Waals surface area contributed by atoms with E-state index in [-0.39, 0.29) is 0 Å². The molecule has 1 fully saturated rings. The van der Waals surface area contributed by atoms with Crippen molar-refractivity contribution in [3.8, 4) is 0 Å². The molecule has 104 valence electrons. The first kappa shape index (κ1) is 14.3. The Kier molecular flexibility index (Phi) is 4.76. The number of rotatable bonds is 4. The van der Waals surface area contributed by atoms with Gasteiger partial charge in [-0.25, -0.2) is 0 Å². The molecule has 19 heavy (non-hydrogen) atoms. The van der Waals surface area contributed by atoms with Crippen LogP contribution in [0.15, 0.2) is 36.5 Å². The van der Waals surface area contributed by atoms with Crippen LogP contribution in [0.3, 0.4) is 0 Å². The van der Waals surface area contributed by atoms with E-state index in [9.17, 15) is 0 Å². The molecule has 0 amide bonds. The van der Waals surface area contributed by atoms with Crippen LogP contribution in [0.2, 0.25) is 0 Å². The second-order valence-electron chi connectivity index (χ2n) is 5.95. The van der Waals surface area contributed by atoms with E-state index in [2.05, 4.69) is 49.5 Å². The van der Waals surface area contributed by atoms with Gasteiger partial charge in [-0.05, 0) is 64.6 Å². The average Bonchev–Trinajstić information content (AvgIpc) is 2.46. The molecule has 2 rings (SSSR count). The van der Waals surface area contributed by atoms with Crippen LogP contribution >= 0.6 is 0 Å². The minimum absolute atomic E-state index is 0.396. The lowest BCUT2D eigenvalue weighted by atomic mass is 9.81. The summed E-state index contributed by atoms with van der Waals surface area (Å²) in [4.78, 5) is 6.98. The predicted octanol–water partition coefficient (Wildman–Crippen LogP) is 4.21. The maximum Gasteiger partial charge on any atom is 0.0572 e. The lowest BCUT2D eigenvalue weighted by Crippen LogP contribution is -2.37. The Balaban J connectivity index is 1.94. The summed E-state index contributed by atoms with van der Waals surface area (Å²) < 4.78 is 0. The molecule has 1 aromatic rings. The van der Waals surface area contributed by atoms with Gasteiger partial charge < -0.3 is 0 Å². The van der Waals surface area contributed by atoms with Gasteiger partial charge in [0.15, 0.2) is 0 Å². The number of hydrogen-bond acceptors (Lipinski definition) is 2. The van der Waals surface area contributed by atoms with Crippen LogP contribution in [0.1, 0.15) is 51.3 Å². The maximum absolute atomic E-state index is 4.48. The van der Waals surface area contributed by atoms with Gasteiger partial charge in [0.1, 0.15) is 0 Å². The third kappa shape index (κ3) is 3.44. The van der Waals surface area contributed by atoms with Crippen LogP contribution in [-0.4, -0.2) is 23.0 Å². The highest BCUT2D eigenvalue weighted by Crippen LogP contribution is 2.33. The number of hydrogen-bond donors (Lipinski definition) is 0. The van der Waals surface area contributed by atoms with Crippen molar-refractivity contribution in [2.45, 2.75) is 51.6 Å². The minimum atomic E-state index is 0.396. The molecule has 1 atom stereocenters. The van der Waals surface area contributed by atoms with E-state index in [1.54, 1.807) is 0 Å². The summed E-state index contributed by atoms with van der Waals surface area (Å²) in [6.45, 7) is 8.54. The van der Waals surface area contributed by atoms with Gasteiger partial charge in [0, 0.05) is 18.3 Å². The Hall–Kier alpha value is -1.15. The van der Waals surface area contributed by atoms with Crippen molar-refractivity contribution in [3.05, 3.63) is 42.2 Å². The molecule has 2 heteroatoms. The second-order valence-corrected chi connectivity index (χ2v) is 5.95. The van der Waals surface area contributed by atoms with Crippen LogP contribution in [-0.2, 0) is 0 Å². The van der Waals surface area contributed by atoms with Crippen molar-refractivity contribution < 1.29 is 0 Å². The van der Waals surface area contributed by atoms with E-state index in [1.807, 2.05) is 12.3 Å². The largest absolute Gasteiger partial charge is 0.295 e. The minimum Gasteiger partial charge on any atom is -0.295 e. The molecule has 1 aliphatic rings. The number of aromatic nitrogens is 1. The summed E-state index contributed by atoms with van der Waals surface area (Å²) in [5.41, 5.74) is 2.53. The Morgan fingerprint density at radius 3 is 2.53 bits per heavy atom. The zero-order valence-corrected chi connectivity index (χ0v) is 12.5. The molecule has 0 spiro atoms. The Labute approximate surface area is 117 Å². The molecule has 2 nitrogen and oxygen atoms in total. The summed E-state index contributed by atoms with van der Waals surface area (Å²) in [6, 6.07) is 7.26. The summed E-state index contributed by atoms with van der Waals surface area (Å²) in [6.07, 6.45) is 7.03. The molecule has 0 radical (unpaired) electrons. The van der Waals surface area contributed by atoms with E-state index in [0.29, 0.717) is 12.1 Å². The molecule has 0 aliphatic heterocycles. The monoisotopic (exact) mass is 258 g/mol. The smallest absolute Gasteiger partial charge is 0.0572 e. The van der Waals surface area contributed by atoms with Crippen LogP contribution < -0.4 is 0 Å². The quantitative estimate of drug-likeness (QED) is 0.752. The lowest BCUT2D eigenvalue weighted by Gasteiger charge is -2.38. The molecule has 1 saturated carbocycles. The molecule has 0 N–H and O–H groups in total. The van der Waals surface area contributed by atoms with Gasteiger partial charge in [0.25, 0.3) is 0 Å². The second kappa shape index (κ2) is 6.33. The SMILES string of the molecule is C=C(C)C1CCC(N(C)C(C)c2ccccn2)CC1. The number of allylic oxidation sites excluding steroid dienone is 1. The summed E-state index contributed by atoms with van der Waals surface area (Å²) >= 11 is 0. The van der Waals surface area contributed by atoms with Gasteiger partial charge in [-0.2, -0.15) is 0 Å². The van der Waals surface area contributed by atoms with Crippen molar-refractivity contribution in [3.63, 3.8) is 0 Å². The van der Waals surface area contributed by atoms with Crippen molar-refractivity contribution in [2.24, 2.45) is 5.92 Å². The Bertz CT molecular complexity index is 405.